The SMILES string of the molecule is C1=CCC2CCC(CCC3CCC4CC=CC=C43)C2=C1.Cl.Cl. The summed E-state index contributed by atoms with van der Waals surface area (Å²) >= 11 is 0. The van der Waals surface area contributed by atoms with Gasteiger partial charge in [0.25, 0.3) is 0 Å². The normalized spacial score (nSPS) is 34.9. The smallest absolute Gasteiger partial charge is 0.0162 e. The van der Waals surface area contributed by atoms with Crippen LogP contribution in [0.3, 0.4) is 0 Å². The lowest BCUT2D eigenvalue weighted by Gasteiger charge is -2.22. The van der Waals surface area contributed by atoms with Crippen LogP contribution in [-0.4, -0.2) is 0 Å². The third-order valence-corrected chi connectivity index (χ3v) is 6.17. The van der Waals surface area contributed by atoms with Gasteiger partial charge in [-0.15, -0.1) is 24.8 Å². The third-order valence-electron chi connectivity index (χ3n) is 6.17. The zero-order valence-corrected chi connectivity index (χ0v) is 14.9. The van der Waals surface area contributed by atoms with Crippen LogP contribution in [0.2, 0.25) is 0 Å². The van der Waals surface area contributed by atoms with Gasteiger partial charge in [-0.3, -0.25) is 0 Å². The Morgan fingerprint density at radius 3 is 1.59 bits per heavy atom. The Balaban J connectivity index is 0.000000882. The number of hydrogen-bond acceptors (Lipinski definition) is 0. The van der Waals surface area contributed by atoms with Crippen molar-refractivity contribution in [2.45, 2.75) is 51.4 Å². The van der Waals surface area contributed by atoms with E-state index in [2.05, 4.69) is 36.5 Å². The molecule has 22 heavy (non-hydrogen) atoms. The maximum Gasteiger partial charge on any atom is -0.0162 e. The van der Waals surface area contributed by atoms with Gasteiger partial charge in [0.05, 0.1) is 0 Å². The number of halogens is 2. The molecule has 4 unspecified atom stereocenters. The van der Waals surface area contributed by atoms with Crippen molar-refractivity contribution < 1.29 is 0 Å². The quantitative estimate of drug-likeness (QED) is 0.555. The Morgan fingerprint density at radius 2 is 1.14 bits per heavy atom. The van der Waals surface area contributed by atoms with Crippen LogP contribution < -0.4 is 0 Å². The van der Waals surface area contributed by atoms with E-state index in [9.17, 15) is 0 Å². The predicted octanol–water partition coefficient (Wildman–Crippen LogP) is 6.44. The van der Waals surface area contributed by atoms with E-state index in [1.54, 1.807) is 11.1 Å². The Morgan fingerprint density at radius 1 is 0.682 bits per heavy atom. The Kier molecular flexibility index (Phi) is 6.41. The van der Waals surface area contributed by atoms with Gasteiger partial charge in [0.1, 0.15) is 0 Å². The molecule has 0 aliphatic heterocycles. The molecule has 0 bridgehead atoms. The zero-order valence-electron chi connectivity index (χ0n) is 13.2. The largest absolute Gasteiger partial charge is 0.147 e. The van der Waals surface area contributed by atoms with Crippen molar-refractivity contribution in [1.82, 2.24) is 0 Å². The first-order valence-corrected chi connectivity index (χ1v) is 8.65. The zero-order chi connectivity index (χ0) is 13.4. The summed E-state index contributed by atoms with van der Waals surface area (Å²) in [6, 6.07) is 0. The fourth-order valence-corrected chi connectivity index (χ4v) is 5.06. The van der Waals surface area contributed by atoms with E-state index in [0.29, 0.717) is 0 Å². The molecular weight excluding hydrogens is 311 g/mol. The van der Waals surface area contributed by atoms with E-state index >= 15 is 0 Å². The lowest BCUT2D eigenvalue weighted by Crippen LogP contribution is -2.08. The minimum atomic E-state index is 0. The second kappa shape index (κ2) is 7.88. The van der Waals surface area contributed by atoms with Crippen molar-refractivity contribution in [3.8, 4) is 0 Å². The van der Waals surface area contributed by atoms with E-state index in [1.807, 2.05) is 0 Å². The Bertz CT molecular complexity index is 452. The Hall–Kier alpha value is -0.460. The van der Waals surface area contributed by atoms with Gasteiger partial charge < -0.3 is 0 Å². The van der Waals surface area contributed by atoms with Gasteiger partial charge in [0.15, 0.2) is 0 Å². The summed E-state index contributed by atoms with van der Waals surface area (Å²) < 4.78 is 0. The van der Waals surface area contributed by atoms with E-state index < -0.39 is 0 Å². The van der Waals surface area contributed by atoms with Crippen molar-refractivity contribution in [2.75, 3.05) is 0 Å². The predicted molar refractivity (Wildman–Crippen MR) is 99.8 cm³/mol. The third kappa shape index (κ3) is 3.39. The molecule has 4 atom stereocenters. The monoisotopic (exact) mass is 338 g/mol. The molecule has 4 rings (SSSR count). The molecule has 4 aliphatic rings. The van der Waals surface area contributed by atoms with Crippen molar-refractivity contribution in [3.63, 3.8) is 0 Å². The van der Waals surface area contributed by atoms with Crippen molar-refractivity contribution in [3.05, 3.63) is 47.6 Å². The number of fused-ring (bicyclic) bond motifs is 2. The minimum absolute atomic E-state index is 0. The van der Waals surface area contributed by atoms with E-state index in [1.165, 1.54) is 51.4 Å². The average Bonchev–Trinajstić information content (AvgIpc) is 3.09. The second-order valence-corrected chi connectivity index (χ2v) is 7.18. The van der Waals surface area contributed by atoms with Crippen molar-refractivity contribution >= 4 is 24.8 Å². The summed E-state index contributed by atoms with van der Waals surface area (Å²) in [4.78, 5) is 0. The van der Waals surface area contributed by atoms with Crippen LogP contribution in [0.1, 0.15) is 51.4 Å². The van der Waals surface area contributed by atoms with E-state index in [-0.39, 0.29) is 24.8 Å². The molecule has 0 aromatic rings. The summed E-state index contributed by atoms with van der Waals surface area (Å²) in [5, 5.41) is 0. The van der Waals surface area contributed by atoms with Crippen LogP contribution in [0.4, 0.5) is 0 Å². The van der Waals surface area contributed by atoms with Crippen LogP contribution in [0, 0.1) is 23.7 Å². The molecule has 0 aromatic carbocycles. The summed E-state index contributed by atoms with van der Waals surface area (Å²) in [6.45, 7) is 0. The number of allylic oxidation sites excluding steroid dienone is 8. The summed E-state index contributed by atoms with van der Waals surface area (Å²) in [5.41, 5.74) is 3.58. The van der Waals surface area contributed by atoms with E-state index in [4.69, 9.17) is 0 Å². The maximum atomic E-state index is 2.44. The first kappa shape index (κ1) is 17.9. The molecule has 0 spiro atoms. The highest BCUT2D eigenvalue weighted by atomic mass is 35.5. The van der Waals surface area contributed by atoms with Crippen LogP contribution >= 0.6 is 24.8 Å². The first-order valence-electron chi connectivity index (χ1n) is 8.65. The number of rotatable bonds is 3. The van der Waals surface area contributed by atoms with Crippen LogP contribution in [0.5, 0.6) is 0 Å². The van der Waals surface area contributed by atoms with Gasteiger partial charge in [-0.2, -0.15) is 0 Å². The number of hydrogen-bond donors (Lipinski definition) is 0. The summed E-state index contributed by atoms with van der Waals surface area (Å²) in [6.07, 6.45) is 25.5. The minimum Gasteiger partial charge on any atom is -0.147 e. The fraction of sp³-hybridized carbons (Fsp3) is 0.600. The standard InChI is InChI=1S/C20H26.2ClH/c1-3-7-19-15(5-1)9-11-17(19)13-14-18-12-10-16-6-2-4-8-20(16)18;;/h1-4,7-8,15-18H,5-6,9-14H2;2*1H. The van der Waals surface area contributed by atoms with Gasteiger partial charge in [-0.1, -0.05) is 47.6 Å². The van der Waals surface area contributed by atoms with Gasteiger partial charge in [0.2, 0.25) is 0 Å². The van der Waals surface area contributed by atoms with Gasteiger partial charge in [-0.25, -0.2) is 0 Å². The Labute approximate surface area is 147 Å². The average molecular weight is 339 g/mol. The maximum absolute atomic E-state index is 2.44. The molecule has 2 saturated carbocycles. The molecule has 0 aromatic heterocycles. The summed E-state index contributed by atoms with van der Waals surface area (Å²) in [7, 11) is 0. The van der Waals surface area contributed by atoms with Gasteiger partial charge in [-0.05, 0) is 75.0 Å². The van der Waals surface area contributed by atoms with Crippen LogP contribution in [0.25, 0.3) is 0 Å². The van der Waals surface area contributed by atoms with E-state index in [0.717, 1.165) is 23.7 Å². The second-order valence-electron chi connectivity index (χ2n) is 7.18. The molecule has 4 aliphatic carbocycles. The molecule has 0 nitrogen and oxygen atoms in total. The fourth-order valence-electron chi connectivity index (χ4n) is 5.06. The summed E-state index contributed by atoms with van der Waals surface area (Å²) in [5.74, 6) is 3.61. The molecule has 122 valence electrons. The molecule has 0 N–H and O–H groups in total. The highest BCUT2D eigenvalue weighted by Crippen LogP contribution is 2.47. The van der Waals surface area contributed by atoms with Gasteiger partial charge >= 0.3 is 0 Å². The van der Waals surface area contributed by atoms with Crippen LogP contribution in [-0.2, 0) is 0 Å². The molecule has 0 saturated heterocycles. The molecule has 0 radical (unpaired) electrons. The van der Waals surface area contributed by atoms with Gasteiger partial charge in [0, 0.05) is 0 Å². The highest BCUT2D eigenvalue weighted by molar-refractivity contribution is 5.85. The van der Waals surface area contributed by atoms with Crippen molar-refractivity contribution in [2.24, 2.45) is 23.7 Å². The first-order chi connectivity index (χ1) is 9.92. The highest BCUT2D eigenvalue weighted by Gasteiger charge is 2.33. The van der Waals surface area contributed by atoms with Crippen LogP contribution in [0.15, 0.2) is 47.6 Å². The molecular formula is C20H28Cl2. The molecule has 0 amide bonds. The molecule has 0 heterocycles. The molecule has 2 heteroatoms. The topological polar surface area (TPSA) is 0 Å². The van der Waals surface area contributed by atoms with Crippen molar-refractivity contribution in [1.29, 1.82) is 0 Å². The lowest BCUT2D eigenvalue weighted by molar-refractivity contribution is 0.468. The molecule has 2 fully saturated rings. The lowest BCUT2D eigenvalue weighted by atomic mass is 9.84.